The number of aryl methyl sites for hydroxylation is 2. The first kappa shape index (κ1) is 18.0. The molecular formula is C21H22ClN3O2. The van der Waals surface area contributed by atoms with E-state index in [0.29, 0.717) is 24.0 Å². The number of ether oxygens (including phenoxy) is 2. The van der Waals surface area contributed by atoms with Crippen molar-refractivity contribution in [3.05, 3.63) is 52.4 Å². The van der Waals surface area contributed by atoms with Gasteiger partial charge in [-0.2, -0.15) is 0 Å². The molecule has 0 radical (unpaired) electrons. The van der Waals surface area contributed by atoms with E-state index in [0.717, 1.165) is 47.0 Å². The molecule has 5 nitrogen and oxygen atoms in total. The summed E-state index contributed by atoms with van der Waals surface area (Å²) >= 11 is 6.21. The summed E-state index contributed by atoms with van der Waals surface area (Å²) in [6.07, 6.45) is 0.827. The van der Waals surface area contributed by atoms with E-state index < -0.39 is 0 Å². The van der Waals surface area contributed by atoms with Gasteiger partial charge in [-0.15, -0.1) is 0 Å². The van der Waals surface area contributed by atoms with E-state index in [1.54, 1.807) is 7.11 Å². The molecule has 1 aliphatic rings. The number of hydrogen-bond donors (Lipinski definition) is 0. The Bertz CT molecular complexity index is 977. The van der Waals surface area contributed by atoms with Gasteiger partial charge < -0.3 is 14.0 Å². The fourth-order valence-corrected chi connectivity index (χ4v) is 3.82. The van der Waals surface area contributed by atoms with Crippen molar-refractivity contribution in [2.45, 2.75) is 26.8 Å². The van der Waals surface area contributed by atoms with Crippen LogP contribution in [0, 0.1) is 13.8 Å². The molecule has 3 aromatic rings. The molecule has 0 unspecified atom stereocenters. The molecule has 0 spiro atoms. The van der Waals surface area contributed by atoms with Crippen LogP contribution in [-0.4, -0.2) is 34.9 Å². The Labute approximate surface area is 163 Å². The zero-order chi connectivity index (χ0) is 19.0. The lowest BCUT2D eigenvalue weighted by Crippen LogP contribution is -2.06. The number of benzene rings is 1. The first-order valence-electron chi connectivity index (χ1n) is 9.03. The van der Waals surface area contributed by atoms with Crippen molar-refractivity contribution in [1.82, 2.24) is 14.5 Å². The van der Waals surface area contributed by atoms with Crippen LogP contribution in [0.2, 0.25) is 5.02 Å². The van der Waals surface area contributed by atoms with Crippen molar-refractivity contribution >= 4 is 11.6 Å². The average molecular weight is 384 g/mol. The number of halogens is 1. The highest BCUT2D eigenvalue weighted by Crippen LogP contribution is 2.34. The second kappa shape index (κ2) is 7.33. The van der Waals surface area contributed by atoms with Crippen molar-refractivity contribution < 1.29 is 9.47 Å². The lowest BCUT2D eigenvalue weighted by atomic mass is 10.1. The highest BCUT2D eigenvalue weighted by Gasteiger charge is 2.22. The summed E-state index contributed by atoms with van der Waals surface area (Å²) in [5.74, 6) is 1.56. The standard InChI is InChI=1S/C21H22ClN3O2/c1-13-10-16(11-14(2)23-13)20-18-6-8-27-9-7-25(18)21(24-20)15-4-5-17(22)19(12-15)26-3/h4-5,10-12H,6-9H2,1-3H3. The van der Waals surface area contributed by atoms with Gasteiger partial charge in [-0.1, -0.05) is 11.6 Å². The second-order valence-corrected chi connectivity index (χ2v) is 7.14. The molecule has 27 heavy (non-hydrogen) atoms. The lowest BCUT2D eigenvalue weighted by Gasteiger charge is -2.10. The molecule has 140 valence electrons. The van der Waals surface area contributed by atoms with Gasteiger partial charge in [0.15, 0.2) is 0 Å². The predicted octanol–water partition coefficient (Wildman–Crippen LogP) is 4.46. The third-order valence-corrected chi connectivity index (χ3v) is 5.09. The summed E-state index contributed by atoms with van der Waals surface area (Å²) in [5, 5.41) is 0.591. The zero-order valence-electron chi connectivity index (χ0n) is 15.8. The minimum Gasteiger partial charge on any atom is -0.495 e. The molecule has 0 fully saturated rings. The quantitative estimate of drug-likeness (QED) is 0.669. The van der Waals surface area contributed by atoms with Crippen molar-refractivity contribution in [3.8, 4) is 28.4 Å². The first-order chi connectivity index (χ1) is 13.1. The van der Waals surface area contributed by atoms with Crippen molar-refractivity contribution in [2.24, 2.45) is 0 Å². The topological polar surface area (TPSA) is 49.2 Å². The summed E-state index contributed by atoms with van der Waals surface area (Å²) in [4.78, 5) is 9.54. The van der Waals surface area contributed by atoms with Crippen LogP contribution in [0.15, 0.2) is 30.3 Å². The molecule has 6 heteroatoms. The molecule has 0 N–H and O–H groups in total. The van der Waals surface area contributed by atoms with Gasteiger partial charge in [0.05, 0.1) is 31.0 Å². The minimum atomic E-state index is 0.591. The van der Waals surface area contributed by atoms with Gasteiger partial charge in [0.1, 0.15) is 11.6 Å². The molecule has 1 aliphatic heterocycles. The first-order valence-corrected chi connectivity index (χ1v) is 9.41. The fourth-order valence-electron chi connectivity index (χ4n) is 3.63. The Hall–Kier alpha value is -2.37. The fraction of sp³-hybridized carbons (Fsp3) is 0.333. The SMILES string of the molecule is COc1cc(-c2nc(-c3cc(C)nc(C)c3)c3n2CCOCC3)ccc1Cl. The zero-order valence-corrected chi connectivity index (χ0v) is 16.5. The third-order valence-electron chi connectivity index (χ3n) is 4.78. The van der Waals surface area contributed by atoms with Crippen LogP contribution in [0.5, 0.6) is 5.75 Å². The number of pyridine rings is 1. The molecule has 0 atom stereocenters. The Balaban J connectivity index is 1.92. The van der Waals surface area contributed by atoms with Crippen molar-refractivity contribution in [2.75, 3.05) is 20.3 Å². The van der Waals surface area contributed by atoms with E-state index >= 15 is 0 Å². The molecule has 0 saturated carbocycles. The van der Waals surface area contributed by atoms with Crippen LogP contribution in [0.3, 0.4) is 0 Å². The summed E-state index contributed by atoms with van der Waals surface area (Å²) in [7, 11) is 1.62. The van der Waals surface area contributed by atoms with E-state index in [4.69, 9.17) is 26.1 Å². The summed E-state index contributed by atoms with van der Waals surface area (Å²) in [6, 6.07) is 9.96. The van der Waals surface area contributed by atoms with Gasteiger partial charge in [-0.05, 0) is 44.2 Å². The maximum Gasteiger partial charge on any atom is 0.141 e. The second-order valence-electron chi connectivity index (χ2n) is 6.73. The van der Waals surface area contributed by atoms with Gasteiger partial charge >= 0.3 is 0 Å². The Morgan fingerprint density at radius 2 is 1.81 bits per heavy atom. The minimum absolute atomic E-state index is 0.591. The van der Waals surface area contributed by atoms with E-state index in [1.807, 2.05) is 32.0 Å². The number of methoxy groups -OCH3 is 1. The lowest BCUT2D eigenvalue weighted by molar-refractivity contribution is 0.140. The Morgan fingerprint density at radius 3 is 2.56 bits per heavy atom. The van der Waals surface area contributed by atoms with E-state index in [-0.39, 0.29) is 0 Å². The molecule has 0 saturated heterocycles. The Morgan fingerprint density at radius 1 is 1.04 bits per heavy atom. The number of nitrogens with zero attached hydrogens (tertiary/aromatic N) is 3. The van der Waals surface area contributed by atoms with Crippen LogP contribution in [0.4, 0.5) is 0 Å². The van der Waals surface area contributed by atoms with Gasteiger partial charge in [-0.25, -0.2) is 4.98 Å². The predicted molar refractivity (Wildman–Crippen MR) is 106 cm³/mol. The van der Waals surface area contributed by atoms with Gasteiger partial charge in [0.2, 0.25) is 0 Å². The summed E-state index contributed by atoms with van der Waals surface area (Å²) in [6.45, 7) is 6.17. The molecule has 1 aromatic carbocycles. The maximum atomic E-state index is 6.21. The van der Waals surface area contributed by atoms with Gasteiger partial charge in [0.25, 0.3) is 0 Å². The highest BCUT2D eigenvalue weighted by molar-refractivity contribution is 6.32. The smallest absolute Gasteiger partial charge is 0.141 e. The molecule has 3 heterocycles. The average Bonchev–Trinajstić information content (AvgIpc) is 2.83. The molecular weight excluding hydrogens is 362 g/mol. The van der Waals surface area contributed by atoms with Gasteiger partial charge in [-0.3, -0.25) is 4.98 Å². The molecule has 0 amide bonds. The summed E-state index contributed by atoms with van der Waals surface area (Å²) < 4.78 is 13.4. The number of imidazole rings is 1. The molecule has 0 aliphatic carbocycles. The van der Waals surface area contributed by atoms with Crippen molar-refractivity contribution in [1.29, 1.82) is 0 Å². The highest BCUT2D eigenvalue weighted by atomic mass is 35.5. The maximum absolute atomic E-state index is 6.21. The van der Waals surface area contributed by atoms with Crippen LogP contribution in [0.25, 0.3) is 22.6 Å². The van der Waals surface area contributed by atoms with E-state index in [1.165, 1.54) is 5.69 Å². The van der Waals surface area contributed by atoms with Crippen LogP contribution < -0.4 is 4.74 Å². The molecule has 0 bridgehead atoms. The van der Waals surface area contributed by atoms with Crippen LogP contribution in [-0.2, 0) is 17.7 Å². The number of rotatable bonds is 3. The largest absolute Gasteiger partial charge is 0.495 e. The normalized spacial score (nSPS) is 13.9. The number of hydrogen-bond acceptors (Lipinski definition) is 4. The van der Waals surface area contributed by atoms with Gasteiger partial charge in [0, 0.05) is 41.2 Å². The molecule has 4 rings (SSSR count). The number of fused-ring (bicyclic) bond motifs is 1. The third kappa shape index (κ3) is 3.45. The summed E-state index contributed by atoms with van der Waals surface area (Å²) in [5.41, 5.74) is 6.25. The van der Waals surface area contributed by atoms with Crippen molar-refractivity contribution in [3.63, 3.8) is 0 Å². The van der Waals surface area contributed by atoms with E-state index in [9.17, 15) is 0 Å². The van der Waals surface area contributed by atoms with E-state index in [2.05, 4.69) is 21.7 Å². The number of aromatic nitrogens is 3. The Kier molecular flexibility index (Phi) is 4.89. The molecule has 2 aromatic heterocycles. The monoisotopic (exact) mass is 383 g/mol. The van der Waals surface area contributed by atoms with Crippen LogP contribution >= 0.6 is 11.6 Å². The van der Waals surface area contributed by atoms with Crippen LogP contribution in [0.1, 0.15) is 17.1 Å².